The van der Waals surface area contributed by atoms with Crippen molar-refractivity contribution in [2.24, 2.45) is 22.9 Å². The van der Waals surface area contributed by atoms with Crippen molar-refractivity contribution in [3.05, 3.63) is 0 Å². The number of primary amides is 3. The Morgan fingerprint density at radius 1 is 0.727 bits per heavy atom. The summed E-state index contributed by atoms with van der Waals surface area (Å²) in [5.74, 6) is -6.86. The summed E-state index contributed by atoms with van der Waals surface area (Å²) in [4.78, 5) is 82.0. The number of thioether (sulfide) groups is 1. The van der Waals surface area contributed by atoms with E-state index < -0.39 is 84.8 Å². The molecule has 4 atom stereocenters. The van der Waals surface area contributed by atoms with Gasteiger partial charge >= 0.3 is 5.97 Å². The van der Waals surface area contributed by atoms with Crippen LogP contribution in [0.2, 0.25) is 0 Å². The average molecular weight is 492 g/mol. The van der Waals surface area contributed by atoms with E-state index in [1.807, 2.05) is 5.32 Å². The molecule has 0 aliphatic carbocycles. The fraction of sp³-hybridized carbons (Fsp3) is 0.588. The number of hydrogen-bond acceptors (Lipinski definition) is 9. The number of carboxylic acid groups (broad SMARTS) is 1. The van der Waals surface area contributed by atoms with Gasteiger partial charge in [0.05, 0.1) is 25.3 Å². The average Bonchev–Trinajstić information content (AvgIpc) is 2.68. The standard InChI is InChI=1S/C17H29N7O8S/c1-33-3-2-8(22-14(28)7(18)4-11(19)25)15(29)23-9(5-12(20)26)16(30)24-10(17(31)32)6-13(21)27/h7-10H,2-6,18H2,1H3,(H2,19,25)(H2,20,26)(H2,21,27)(H,22,28)(H,23,29)(H,24,30)(H,31,32). The summed E-state index contributed by atoms with van der Waals surface area (Å²) in [6.07, 6.45) is -0.0741. The Bertz CT molecular complexity index is 778. The molecule has 0 rings (SSSR count). The van der Waals surface area contributed by atoms with Gasteiger partial charge in [0.2, 0.25) is 35.4 Å². The maximum atomic E-state index is 12.7. The molecule has 15 nitrogen and oxygen atoms in total. The molecule has 16 heteroatoms. The number of nitrogens with two attached hydrogens (primary N) is 4. The SMILES string of the molecule is CSCCC(NC(=O)C(N)CC(N)=O)C(=O)NC(CC(N)=O)C(=O)NC(CC(N)=O)C(=O)O. The number of carbonyl (C=O) groups excluding carboxylic acids is 6. The Hall–Kier alpha value is -3.40. The van der Waals surface area contributed by atoms with E-state index in [1.54, 1.807) is 6.26 Å². The Labute approximate surface area is 193 Å². The third kappa shape index (κ3) is 12.3. The lowest BCUT2D eigenvalue weighted by Gasteiger charge is -2.24. The first-order valence-corrected chi connectivity index (χ1v) is 10.9. The van der Waals surface area contributed by atoms with Crippen LogP contribution in [0.1, 0.15) is 25.7 Å². The molecule has 4 unspecified atom stereocenters. The molecule has 0 radical (unpaired) electrons. The highest BCUT2D eigenvalue weighted by Crippen LogP contribution is 2.04. The van der Waals surface area contributed by atoms with Crippen molar-refractivity contribution < 1.29 is 38.7 Å². The van der Waals surface area contributed by atoms with Gasteiger partial charge < -0.3 is 44.0 Å². The van der Waals surface area contributed by atoms with Crippen LogP contribution in [0.25, 0.3) is 0 Å². The fourth-order valence-electron chi connectivity index (χ4n) is 2.45. The molecule has 6 amide bonds. The van der Waals surface area contributed by atoms with Crippen LogP contribution in [-0.4, -0.2) is 82.7 Å². The van der Waals surface area contributed by atoms with Crippen LogP contribution < -0.4 is 38.9 Å². The number of carboxylic acids is 1. The van der Waals surface area contributed by atoms with Crippen molar-refractivity contribution in [1.82, 2.24) is 16.0 Å². The topological polar surface area (TPSA) is 280 Å². The first kappa shape index (κ1) is 29.6. The minimum Gasteiger partial charge on any atom is -0.480 e. The van der Waals surface area contributed by atoms with Gasteiger partial charge in [-0.3, -0.25) is 28.8 Å². The summed E-state index contributed by atoms with van der Waals surface area (Å²) in [5, 5.41) is 15.7. The maximum absolute atomic E-state index is 12.7. The lowest BCUT2D eigenvalue weighted by atomic mass is 10.1. The highest BCUT2D eigenvalue weighted by atomic mass is 32.2. The predicted octanol–water partition coefficient (Wildman–Crippen LogP) is -4.77. The summed E-state index contributed by atoms with van der Waals surface area (Å²) in [6, 6.07) is -5.85. The van der Waals surface area contributed by atoms with Crippen molar-refractivity contribution in [3.8, 4) is 0 Å². The highest BCUT2D eigenvalue weighted by Gasteiger charge is 2.31. The smallest absolute Gasteiger partial charge is 0.326 e. The van der Waals surface area contributed by atoms with Crippen LogP contribution in [0, 0.1) is 0 Å². The predicted molar refractivity (Wildman–Crippen MR) is 116 cm³/mol. The molecule has 33 heavy (non-hydrogen) atoms. The summed E-state index contributed by atoms with van der Waals surface area (Å²) < 4.78 is 0. The van der Waals surface area contributed by atoms with Gasteiger partial charge in [0, 0.05) is 0 Å². The summed E-state index contributed by atoms with van der Waals surface area (Å²) in [6.45, 7) is 0. The largest absolute Gasteiger partial charge is 0.480 e. The molecule has 186 valence electrons. The highest BCUT2D eigenvalue weighted by molar-refractivity contribution is 7.98. The second kappa shape index (κ2) is 14.6. The van der Waals surface area contributed by atoms with E-state index in [2.05, 4.69) is 10.6 Å². The quantitative estimate of drug-likeness (QED) is 0.102. The van der Waals surface area contributed by atoms with E-state index in [0.29, 0.717) is 5.75 Å². The third-order valence-corrected chi connectivity index (χ3v) is 4.70. The first-order chi connectivity index (χ1) is 15.3. The van der Waals surface area contributed by atoms with Crippen LogP contribution in [0.5, 0.6) is 0 Å². The van der Waals surface area contributed by atoms with Crippen molar-refractivity contribution in [2.45, 2.75) is 49.9 Å². The second-order valence-corrected chi connectivity index (χ2v) is 7.91. The van der Waals surface area contributed by atoms with Gasteiger partial charge in [-0.1, -0.05) is 0 Å². The van der Waals surface area contributed by atoms with Gasteiger partial charge in [0.25, 0.3) is 0 Å². The van der Waals surface area contributed by atoms with Crippen molar-refractivity contribution in [1.29, 1.82) is 0 Å². The fourth-order valence-corrected chi connectivity index (χ4v) is 2.92. The molecule has 0 saturated carbocycles. The van der Waals surface area contributed by atoms with E-state index in [9.17, 15) is 33.6 Å². The normalized spacial score (nSPS) is 14.1. The van der Waals surface area contributed by atoms with E-state index in [0.717, 1.165) is 0 Å². The summed E-state index contributed by atoms with van der Waals surface area (Å²) in [5.41, 5.74) is 20.6. The Kier molecular flexibility index (Phi) is 13.1. The second-order valence-electron chi connectivity index (χ2n) is 6.92. The first-order valence-electron chi connectivity index (χ1n) is 9.51. The van der Waals surface area contributed by atoms with Crippen molar-refractivity contribution in [3.63, 3.8) is 0 Å². The van der Waals surface area contributed by atoms with Gasteiger partial charge in [-0.15, -0.1) is 0 Å². The molecule has 0 aliphatic heterocycles. The zero-order chi connectivity index (χ0) is 25.7. The lowest BCUT2D eigenvalue weighted by molar-refractivity contribution is -0.144. The monoisotopic (exact) mass is 491 g/mol. The minimum atomic E-state index is -1.71. The van der Waals surface area contributed by atoms with Crippen molar-refractivity contribution in [2.75, 3.05) is 12.0 Å². The molecule has 0 saturated heterocycles. The van der Waals surface area contributed by atoms with Gasteiger partial charge in [0.15, 0.2) is 0 Å². The number of amides is 6. The number of rotatable bonds is 16. The minimum absolute atomic E-state index is 0.0897. The zero-order valence-electron chi connectivity index (χ0n) is 17.9. The van der Waals surface area contributed by atoms with Crippen LogP contribution in [0.3, 0.4) is 0 Å². The Morgan fingerprint density at radius 2 is 1.15 bits per heavy atom. The summed E-state index contributed by atoms with van der Waals surface area (Å²) in [7, 11) is 0. The van der Waals surface area contributed by atoms with Crippen LogP contribution in [0.4, 0.5) is 0 Å². The molecule has 0 aromatic rings. The molecular formula is C17H29N7O8S. The van der Waals surface area contributed by atoms with Crippen LogP contribution in [-0.2, 0) is 33.6 Å². The molecule has 0 aromatic carbocycles. The molecule has 0 aromatic heterocycles. The molecule has 0 aliphatic rings. The Balaban J connectivity index is 5.51. The number of hydrogen-bond donors (Lipinski definition) is 8. The van der Waals surface area contributed by atoms with Crippen LogP contribution >= 0.6 is 11.8 Å². The van der Waals surface area contributed by atoms with Crippen LogP contribution in [0.15, 0.2) is 0 Å². The van der Waals surface area contributed by atoms with E-state index in [-0.39, 0.29) is 6.42 Å². The number of aliphatic carboxylic acids is 1. The Morgan fingerprint density at radius 3 is 1.61 bits per heavy atom. The lowest BCUT2D eigenvalue weighted by Crippen LogP contribution is -2.58. The molecule has 12 N–H and O–H groups in total. The number of nitrogens with one attached hydrogen (secondary N) is 3. The molecule has 0 fully saturated rings. The van der Waals surface area contributed by atoms with E-state index in [4.69, 9.17) is 28.0 Å². The molecule has 0 spiro atoms. The van der Waals surface area contributed by atoms with Gasteiger partial charge in [-0.25, -0.2) is 4.79 Å². The molecular weight excluding hydrogens is 462 g/mol. The van der Waals surface area contributed by atoms with Gasteiger partial charge in [-0.2, -0.15) is 11.8 Å². The number of carbonyl (C=O) groups is 7. The third-order valence-electron chi connectivity index (χ3n) is 4.06. The van der Waals surface area contributed by atoms with E-state index >= 15 is 0 Å². The zero-order valence-corrected chi connectivity index (χ0v) is 18.7. The molecule has 0 bridgehead atoms. The van der Waals surface area contributed by atoms with E-state index in [1.165, 1.54) is 11.8 Å². The molecule has 0 heterocycles. The van der Waals surface area contributed by atoms with Gasteiger partial charge in [-0.05, 0) is 18.4 Å². The van der Waals surface area contributed by atoms with Crippen molar-refractivity contribution >= 4 is 53.2 Å². The summed E-state index contributed by atoms with van der Waals surface area (Å²) >= 11 is 1.35. The van der Waals surface area contributed by atoms with Gasteiger partial charge in [0.1, 0.15) is 18.1 Å². The maximum Gasteiger partial charge on any atom is 0.326 e.